The molecule has 1 heterocycles. The summed E-state index contributed by atoms with van der Waals surface area (Å²) < 4.78 is 1.73. The zero-order valence-electron chi connectivity index (χ0n) is 15.5. The van der Waals surface area contributed by atoms with Crippen molar-refractivity contribution in [3.05, 3.63) is 107 Å². The molecule has 3 aromatic rings. The predicted molar refractivity (Wildman–Crippen MR) is 113 cm³/mol. The Morgan fingerprint density at radius 3 is 2.11 bits per heavy atom. The average molecular weight is 432 g/mol. The number of amides is 1. The van der Waals surface area contributed by atoms with E-state index in [1.807, 2.05) is 78.9 Å². The molecule has 0 radical (unpaired) electrons. The second-order valence-corrected chi connectivity index (χ2v) is 9.12. The monoisotopic (exact) mass is 433 g/mol. The van der Waals surface area contributed by atoms with Gasteiger partial charge >= 0.3 is 171 Å². The maximum atomic E-state index is 13.8. The van der Waals surface area contributed by atoms with Gasteiger partial charge in [0.15, 0.2) is 0 Å². The first-order valence-corrected chi connectivity index (χ1v) is 10.7. The summed E-state index contributed by atoms with van der Waals surface area (Å²) in [5, 5.41) is 0. The van der Waals surface area contributed by atoms with Gasteiger partial charge in [0.25, 0.3) is 0 Å². The Morgan fingerprint density at radius 1 is 0.857 bits per heavy atom. The maximum absolute atomic E-state index is 13.8. The summed E-state index contributed by atoms with van der Waals surface area (Å²) in [7, 11) is 1.73. The van der Waals surface area contributed by atoms with Crippen LogP contribution in [0.1, 0.15) is 15.9 Å². The van der Waals surface area contributed by atoms with Crippen LogP contribution in [0.2, 0.25) is 0 Å². The van der Waals surface area contributed by atoms with E-state index in [0.717, 1.165) is 4.46 Å². The fourth-order valence-corrected chi connectivity index (χ4v) is 5.83. The molecule has 28 heavy (non-hydrogen) atoms. The molecule has 1 aliphatic rings. The first-order valence-electron chi connectivity index (χ1n) is 8.96. The second kappa shape index (κ2) is 7.23. The van der Waals surface area contributed by atoms with E-state index >= 15 is 0 Å². The van der Waals surface area contributed by atoms with E-state index < -0.39 is 5.41 Å². The number of ketones is 1. The van der Waals surface area contributed by atoms with E-state index in [-0.39, 0.29) is 26.6 Å². The molecule has 0 saturated carbocycles. The Labute approximate surface area is 170 Å². The van der Waals surface area contributed by atoms with E-state index in [1.165, 1.54) is 0 Å². The van der Waals surface area contributed by atoms with Gasteiger partial charge in [0, 0.05) is 0 Å². The number of benzene rings is 3. The van der Waals surface area contributed by atoms with Gasteiger partial charge in [-0.2, -0.15) is 0 Å². The molecule has 0 aliphatic carbocycles. The molecule has 138 valence electrons. The van der Waals surface area contributed by atoms with Gasteiger partial charge in [-0.1, -0.05) is 0 Å². The number of carbonyl (C=O) groups is 2. The molecular formula is C24H19NO2Se. The molecule has 3 nitrogen and oxygen atoms in total. The van der Waals surface area contributed by atoms with Crippen LogP contribution in [0, 0.1) is 0 Å². The molecule has 1 aliphatic heterocycles. The Hall–Kier alpha value is -2.94. The molecule has 1 unspecified atom stereocenters. The van der Waals surface area contributed by atoms with Crippen molar-refractivity contribution in [2.45, 2.75) is 5.41 Å². The first kappa shape index (κ1) is 18.4. The van der Waals surface area contributed by atoms with Crippen molar-refractivity contribution in [3.8, 4) is 0 Å². The van der Waals surface area contributed by atoms with Gasteiger partial charge in [0.05, 0.1) is 0 Å². The molecule has 0 N–H and O–H groups in total. The third-order valence-corrected chi connectivity index (χ3v) is 7.31. The third-order valence-electron chi connectivity index (χ3n) is 5.09. The molecule has 4 heteroatoms. The standard InChI is InChI=1S/C24H19NO2Se/c1-17(28-19-13-7-4-8-14-19)24(18-11-5-3-6-12-18)22(26)20-15-9-10-16-21(20)25(2)23(24)27/h3-16H,1H2,2H3. The zero-order valence-corrected chi connectivity index (χ0v) is 17.2. The van der Waals surface area contributed by atoms with Crippen molar-refractivity contribution in [2.75, 3.05) is 11.9 Å². The number of likely N-dealkylation sites (N-methyl/N-ethyl adjacent to an activating group) is 1. The summed E-state index contributed by atoms with van der Waals surface area (Å²) in [4.78, 5) is 29.1. The van der Waals surface area contributed by atoms with E-state index in [9.17, 15) is 9.59 Å². The minimum absolute atomic E-state index is 0.194. The van der Waals surface area contributed by atoms with Crippen LogP contribution in [0.5, 0.6) is 0 Å². The molecule has 0 bridgehead atoms. The fourth-order valence-electron chi connectivity index (χ4n) is 3.68. The molecule has 4 rings (SSSR count). The number of para-hydroxylation sites is 1. The molecule has 3 aromatic carbocycles. The number of Topliss-reactive ketones (excluding diaryl/α,β-unsaturated/α-hetero) is 1. The topological polar surface area (TPSA) is 37.4 Å². The van der Waals surface area contributed by atoms with E-state index in [1.54, 1.807) is 18.0 Å². The summed E-state index contributed by atoms with van der Waals surface area (Å²) in [5.74, 6) is -0.439. The normalized spacial score (nSPS) is 18.7. The number of carbonyl (C=O) groups excluding carboxylic acids is 2. The van der Waals surface area contributed by atoms with Crippen molar-refractivity contribution < 1.29 is 9.59 Å². The Morgan fingerprint density at radius 2 is 1.43 bits per heavy atom. The Balaban J connectivity index is 1.93. The van der Waals surface area contributed by atoms with Gasteiger partial charge in [-0.25, -0.2) is 0 Å². The Bertz CT molecular complexity index is 1060. The van der Waals surface area contributed by atoms with Gasteiger partial charge in [-0.3, -0.25) is 0 Å². The van der Waals surface area contributed by atoms with Crippen LogP contribution in [0.15, 0.2) is 96.0 Å². The summed E-state index contributed by atoms with van der Waals surface area (Å²) in [5.41, 5.74) is 0.469. The van der Waals surface area contributed by atoms with Gasteiger partial charge in [0.2, 0.25) is 0 Å². The molecule has 0 aromatic heterocycles. The van der Waals surface area contributed by atoms with Crippen LogP contribution in [0.3, 0.4) is 0 Å². The number of anilines is 1. The van der Waals surface area contributed by atoms with Crippen LogP contribution in [0.25, 0.3) is 0 Å². The first-order chi connectivity index (χ1) is 13.6. The summed E-state index contributed by atoms with van der Waals surface area (Å²) in [6.07, 6.45) is 0. The number of hydrogen-bond donors (Lipinski definition) is 0. The van der Waals surface area contributed by atoms with E-state index in [4.69, 9.17) is 0 Å². The van der Waals surface area contributed by atoms with Gasteiger partial charge < -0.3 is 0 Å². The summed E-state index contributed by atoms with van der Waals surface area (Å²) in [6.45, 7) is 4.29. The third kappa shape index (κ3) is 2.73. The van der Waals surface area contributed by atoms with Crippen LogP contribution in [0.4, 0.5) is 5.69 Å². The average Bonchev–Trinajstić information content (AvgIpc) is 2.74. The van der Waals surface area contributed by atoms with Crippen molar-refractivity contribution in [1.29, 1.82) is 0 Å². The van der Waals surface area contributed by atoms with Crippen molar-refractivity contribution in [2.24, 2.45) is 0 Å². The van der Waals surface area contributed by atoms with Gasteiger partial charge in [-0.05, 0) is 0 Å². The van der Waals surface area contributed by atoms with Crippen LogP contribution >= 0.6 is 0 Å². The number of rotatable bonds is 4. The number of nitrogens with zero attached hydrogens (tertiary/aromatic N) is 1. The molecule has 1 atom stereocenters. The van der Waals surface area contributed by atoms with Crippen molar-refractivity contribution in [3.63, 3.8) is 0 Å². The van der Waals surface area contributed by atoms with Gasteiger partial charge in [0.1, 0.15) is 0 Å². The predicted octanol–water partition coefficient (Wildman–Crippen LogP) is 3.33. The fraction of sp³-hybridized carbons (Fsp3) is 0.0833. The Kier molecular flexibility index (Phi) is 4.76. The molecule has 0 saturated heterocycles. The SMILES string of the molecule is C=C([Se]c1ccccc1)C1(c2ccccc2)C(=O)c2ccccc2N(C)C1=O. The molecular weight excluding hydrogens is 413 g/mol. The van der Waals surface area contributed by atoms with E-state index in [2.05, 4.69) is 6.58 Å². The number of fused-ring (bicyclic) bond motifs is 1. The molecule has 0 fully saturated rings. The van der Waals surface area contributed by atoms with Crippen molar-refractivity contribution >= 4 is 36.8 Å². The quantitative estimate of drug-likeness (QED) is 0.469. The molecule has 0 spiro atoms. The zero-order chi connectivity index (χ0) is 19.7. The van der Waals surface area contributed by atoms with Gasteiger partial charge in [-0.15, -0.1) is 0 Å². The summed E-state index contributed by atoms with van der Waals surface area (Å²) >= 11 is -0.241. The van der Waals surface area contributed by atoms with Crippen LogP contribution in [-0.2, 0) is 10.2 Å². The molecule has 1 amide bonds. The van der Waals surface area contributed by atoms with Crippen LogP contribution < -0.4 is 9.36 Å². The summed E-state index contributed by atoms with van der Waals surface area (Å²) in [6, 6.07) is 26.5. The van der Waals surface area contributed by atoms with Crippen LogP contribution in [-0.4, -0.2) is 33.7 Å². The second-order valence-electron chi connectivity index (χ2n) is 6.66. The van der Waals surface area contributed by atoms with Crippen molar-refractivity contribution in [1.82, 2.24) is 0 Å². The minimum atomic E-state index is -1.40. The number of hydrogen-bond acceptors (Lipinski definition) is 2. The van der Waals surface area contributed by atoms with E-state index in [0.29, 0.717) is 21.3 Å².